The van der Waals surface area contributed by atoms with Gasteiger partial charge in [-0.15, -0.1) is 0 Å². The van der Waals surface area contributed by atoms with E-state index in [1.807, 2.05) is 11.4 Å². The second-order valence-corrected chi connectivity index (χ2v) is 11.1. The molecule has 0 heterocycles. The molecule has 2 amide bonds. The monoisotopic (exact) mass is 742 g/mol. The van der Waals surface area contributed by atoms with Crippen LogP contribution in [0.3, 0.4) is 0 Å². The van der Waals surface area contributed by atoms with Crippen molar-refractivity contribution in [2.45, 2.75) is 45.1 Å². The SMILES string of the molecule is CCOC(O)C(F)F.COC(=O)/C(=C\C(F)F)NC(=O)OCc1ccccc1.COC(=O)C(NC(=O)OCc1ccccc1)P(=O)(OC)OC. The second-order valence-electron chi connectivity index (χ2n) is 8.81. The zero-order chi connectivity index (χ0) is 38.1. The first-order valence-electron chi connectivity index (χ1n) is 14.1. The van der Waals surface area contributed by atoms with Gasteiger partial charge in [0.25, 0.3) is 12.9 Å². The van der Waals surface area contributed by atoms with Crippen molar-refractivity contribution in [2.24, 2.45) is 0 Å². The summed E-state index contributed by atoms with van der Waals surface area (Å²) in [7, 11) is 0.387. The molecule has 0 saturated carbocycles. The number of allylic oxidation sites excluding steroid dienone is 1. The zero-order valence-electron chi connectivity index (χ0n) is 27.6. The van der Waals surface area contributed by atoms with Crippen molar-refractivity contribution < 1.29 is 79.1 Å². The highest BCUT2D eigenvalue weighted by atomic mass is 31.2. The molecule has 50 heavy (non-hydrogen) atoms. The average molecular weight is 743 g/mol. The number of amides is 2. The lowest BCUT2D eigenvalue weighted by atomic mass is 10.2. The first-order valence-corrected chi connectivity index (χ1v) is 15.7. The summed E-state index contributed by atoms with van der Waals surface area (Å²) < 4.78 is 91.1. The van der Waals surface area contributed by atoms with Gasteiger partial charge < -0.3 is 37.8 Å². The molecule has 0 spiro atoms. The normalized spacial score (nSPS) is 12.2. The number of carbonyl (C=O) groups excluding carboxylic acids is 4. The van der Waals surface area contributed by atoms with Crippen LogP contribution in [0.25, 0.3) is 0 Å². The molecule has 0 aliphatic heterocycles. The molecular formula is C30H39F4N2O13P. The number of aliphatic hydroxyl groups is 1. The number of benzene rings is 2. The number of hydrogen-bond donors (Lipinski definition) is 3. The van der Waals surface area contributed by atoms with Gasteiger partial charge in [-0.25, -0.2) is 36.7 Å². The molecule has 280 valence electrons. The van der Waals surface area contributed by atoms with E-state index in [1.165, 1.54) is 6.92 Å². The van der Waals surface area contributed by atoms with Gasteiger partial charge in [-0.2, -0.15) is 0 Å². The van der Waals surface area contributed by atoms with Crippen molar-refractivity contribution in [1.29, 1.82) is 0 Å². The molecule has 2 unspecified atom stereocenters. The van der Waals surface area contributed by atoms with Crippen LogP contribution in [-0.4, -0.2) is 89.2 Å². The van der Waals surface area contributed by atoms with Crippen LogP contribution in [0.15, 0.2) is 72.4 Å². The maximum atomic E-state index is 12.2. The summed E-state index contributed by atoms with van der Waals surface area (Å²) in [6, 6.07) is 17.7. The minimum Gasteiger partial charge on any atom is -0.467 e. The number of methoxy groups -OCH3 is 2. The predicted octanol–water partition coefficient (Wildman–Crippen LogP) is 4.74. The van der Waals surface area contributed by atoms with Crippen LogP contribution in [0.4, 0.5) is 27.2 Å². The third-order valence-electron chi connectivity index (χ3n) is 5.42. The number of alkyl halides is 4. The summed E-state index contributed by atoms with van der Waals surface area (Å²) in [5.41, 5.74) is 0.814. The number of ether oxygens (including phenoxy) is 5. The van der Waals surface area contributed by atoms with Crippen molar-refractivity contribution in [3.63, 3.8) is 0 Å². The molecule has 2 atom stereocenters. The number of hydrogen-bond acceptors (Lipinski definition) is 13. The van der Waals surface area contributed by atoms with Gasteiger partial charge >= 0.3 is 31.7 Å². The van der Waals surface area contributed by atoms with Crippen molar-refractivity contribution >= 4 is 31.7 Å². The van der Waals surface area contributed by atoms with Crippen LogP contribution < -0.4 is 10.6 Å². The molecule has 15 nitrogen and oxygen atoms in total. The fraction of sp³-hybridized carbons (Fsp3) is 0.400. The highest BCUT2D eigenvalue weighted by molar-refractivity contribution is 7.55. The van der Waals surface area contributed by atoms with E-state index in [0.717, 1.165) is 39.6 Å². The summed E-state index contributed by atoms with van der Waals surface area (Å²) in [6.07, 6.45) is -9.32. The molecule has 0 saturated heterocycles. The summed E-state index contributed by atoms with van der Waals surface area (Å²) in [5, 5.41) is 12.2. The highest BCUT2D eigenvalue weighted by Crippen LogP contribution is 2.50. The van der Waals surface area contributed by atoms with Gasteiger partial charge in [-0.3, -0.25) is 15.2 Å². The third-order valence-corrected chi connectivity index (χ3v) is 7.41. The molecule has 20 heteroatoms. The van der Waals surface area contributed by atoms with E-state index in [1.54, 1.807) is 54.6 Å². The Morgan fingerprint density at radius 2 is 1.28 bits per heavy atom. The second kappa shape index (κ2) is 25.4. The minimum atomic E-state index is -3.90. The van der Waals surface area contributed by atoms with E-state index < -0.39 is 62.3 Å². The molecule has 0 bridgehead atoms. The Hall–Kier alpha value is -4.55. The Labute approximate surface area is 285 Å². The van der Waals surface area contributed by atoms with Crippen LogP contribution in [-0.2, 0) is 60.1 Å². The average Bonchev–Trinajstić information content (AvgIpc) is 3.12. The molecule has 3 N–H and O–H groups in total. The van der Waals surface area contributed by atoms with Gasteiger partial charge in [0.1, 0.15) is 18.9 Å². The number of rotatable bonds is 15. The number of halogens is 4. The fourth-order valence-corrected chi connectivity index (χ4v) is 4.25. The predicted molar refractivity (Wildman–Crippen MR) is 167 cm³/mol. The Morgan fingerprint density at radius 3 is 1.64 bits per heavy atom. The Kier molecular flexibility index (Phi) is 23.1. The van der Waals surface area contributed by atoms with Crippen LogP contribution in [0.2, 0.25) is 0 Å². The fourth-order valence-electron chi connectivity index (χ4n) is 3.05. The third kappa shape index (κ3) is 18.8. The standard InChI is InChI=1S/C13H13F2NO4.C13H18NO7P.C4H8F2O2/c1-19-12(17)10(7-11(14)15)16-13(18)20-8-9-5-3-2-4-6-9;1-18-12(15)11(22(17,19-2)20-3)14-13(16)21-9-10-7-5-4-6-8-10;1-2-8-4(7)3(5)6/h2-7,11H,8H2,1H3,(H,16,18);4-8,11H,9H2,1-3H3,(H,14,16);3-4,7H,2H2,1H3/b10-7+;;. The van der Waals surface area contributed by atoms with Crippen molar-refractivity contribution in [3.8, 4) is 0 Å². The minimum absolute atomic E-state index is 0.00910. The zero-order valence-corrected chi connectivity index (χ0v) is 28.5. The van der Waals surface area contributed by atoms with E-state index in [2.05, 4.69) is 19.5 Å². The maximum absolute atomic E-state index is 12.2. The van der Waals surface area contributed by atoms with Gasteiger partial charge in [-0.1, -0.05) is 60.7 Å². The molecule has 0 fully saturated rings. The van der Waals surface area contributed by atoms with Crippen LogP contribution in [0.1, 0.15) is 18.1 Å². The molecule has 0 radical (unpaired) electrons. The molecular weight excluding hydrogens is 703 g/mol. The van der Waals surface area contributed by atoms with E-state index >= 15 is 0 Å². The molecule has 2 aromatic rings. The number of aliphatic hydroxyl groups excluding tert-OH is 1. The Balaban J connectivity index is 0.000000793. The number of nitrogens with one attached hydrogen (secondary N) is 2. The molecule has 0 aromatic heterocycles. The number of alkyl carbamates (subject to hydrolysis) is 2. The van der Waals surface area contributed by atoms with Crippen LogP contribution in [0, 0.1) is 0 Å². The molecule has 0 aliphatic carbocycles. The number of carbonyl (C=O) groups is 4. The lowest BCUT2D eigenvalue weighted by Crippen LogP contribution is -2.42. The van der Waals surface area contributed by atoms with Gasteiger partial charge in [-0.05, 0) is 18.1 Å². The molecule has 2 aromatic carbocycles. The van der Waals surface area contributed by atoms with Crippen LogP contribution >= 0.6 is 7.60 Å². The van der Waals surface area contributed by atoms with E-state index in [-0.39, 0.29) is 25.9 Å². The van der Waals surface area contributed by atoms with Crippen molar-refractivity contribution in [2.75, 3.05) is 35.0 Å². The lowest BCUT2D eigenvalue weighted by molar-refractivity contribution is -0.172. The van der Waals surface area contributed by atoms with Gasteiger partial charge in [0.15, 0.2) is 0 Å². The van der Waals surface area contributed by atoms with E-state index in [9.17, 15) is 41.3 Å². The first-order chi connectivity index (χ1) is 23.7. The lowest BCUT2D eigenvalue weighted by Gasteiger charge is -2.22. The highest BCUT2D eigenvalue weighted by Gasteiger charge is 2.42. The van der Waals surface area contributed by atoms with Crippen LogP contribution in [0.5, 0.6) is 0 Å². The largest absolute Gasteiger partial charge is 0.467 e. The summed E-state index contributed by atoms with van der Waals surface area (Å²) in [4.78, 5) is 46.0. The first kappa shape index (κ1) is 45.5. The maximum Gasteiger partial charge on any atom is 0.412 e. The quantitative estimate of drug-likeness (QED) is 0.0566. The van der Waals surface area contributed by atoms with Gasteiger partial charge in [0, 0.05) is 26.9 Å². The van der Waals surface area contributed by atoms with E-state index in [4.69, 9.17) is 23.6 Å². The van der Waals surface area contributed by atoms with Crippen molar-refractivity contribution in [3.05, 3.63) is 83.6 Å². The smallest absolute Gasteiger partial charge is 0.412 e. The summed E-state index contributed by atoms with van der Waals surface area (Å²) in [5.74, 6) is -3.67. The summed E-state index contributed by atoms with van der Waals surface area (Å²) in [6.45, 7) is 1.58. The van der Waals surface area contributed by atoms with E-state index in [0.29, 0.717) is 0 Å². The Bertz CT molecular complexity index is 1370. The summed E-state index contributed by atoms with van der Waals surface area (Å²) >= 11 is 0. The Morgan fingerprint density at radius 1 is 0.800 bits per heavy atom. The van der Waals surface area contributed by atoms with Gasteiger partial charge in [0.05, 0.1) is 14.2 Å². The van der Waals surface area contributed by atoms with Crippen molar-refractivity contribution in [1.82, 2.24) is 10.6 Å². The molecule has 0 aliphatic rings. The number of esters is 2. The van der Waals surface area contributed by atoms with Gasteiger partial charge in [0.2, 0.25) is 12.1 Å². The molecule has 2 rings (SSSR count). The topological polar surface area (TPSA) is 194 Å².